The smallest absolute Gasteiger partial charge is 0.336 e. The average Bonchev–Trinajstić information content (AvgIpc) is 2.68. The molecule has 3 aromatic rings. The molecule has 1 amide bonds. The third-order valence-corrected chi connectivity index (χ3v) is 5.47. The second kappa shape index (κ2) is 7.68. The van der Waals surface area contributed by atoms with Crippen molar-refractivity contribution in [2.75, 3.05) is 31.1 Å². The summed E-state index contributed by atoms with van der Waals surface area (Å²) in [6.07, 6.45) is 0.192. The molecule has 5 nitrogen and oxygen atoms in total. The van der Waals surface area contributed by atoms with Crippen LogP contribution < -0.4 is 10.5 Å². The van der Waals surface area contributed by atoms with Gasteiger partial charge in [-0.25, -0.2) is 4.79 Å². The standard InChI is InChI=1S/C22H21ClN2O3/c1-15-6-7-17-16(14-22(27)28-20(17)12-15)13-21(26)25-10-8-24(9-11-25)19-5-3-2-4-18(19)23/h2-7,12,14H,8-11,13H2,1H3. The van der Waals surface area contributed by atoms with Crippen molar-refractivity contribution in [1.82, 2.24) is 4.90 Å². The number of para-hydroxylation sites is 1. The molecule has 0 unspecified atom stereocenters. The van der Waals surface area contributed by atoms with Gasteiger partial charge in [0.05, 0.1) is 17.1 Å². The van der Waals surface area contributed by atoms with Crippen LogP contribution in [0.3, 0.4) is 0 Å². The van der Waals surface area contributed by atoms with Gasteiger partial charge in [0.15, 0.2) is 0 Å². The molecular weight excluding hydrogens is 376 g/mol. The predicted octanol–water partition coefficient (Wildman–Crippen LogP) is 3.65. The fraction of sp³-hybridized carbons (Fsp3) is 0.273. The van der Waals surface area contributed by atoms with Crippen LogP contribution in [0.2, 0.25) is 5.02 Å². The van der Waals surface area contributed by atoms with E-state index in [0.29, 0.717) is 24.2 Å². The maximum absolute atomic E-state index is 12.8. The van der Waals surface area contributed by atoms with Crippen molar-refractivity contribution in [3.05, 3.63) is 75.1 Å². The molecule has 1 aliphatic heterocycles. The Labute approximate surface area is 168 Å². The van der Waals surface area contributed by atoms with Crippen molar-refractivity contribution < 1.29 is 9.21 Å². The molecule has 0 aliphatic carbocycles. The molecule has 0 spiro atoms. The van der Waals surface area contributed by atoms with E-state index in [2.05, 4.69) is 4.90 Å². The quantitative estimate of drug-likeness (QED) is 0.634. The van der Waals surface area contributed by atoms with Crippen molar-refractivity contribution in [1.29, 1.82) is 0 Å². The zero-order chi connectivity index (χ0) is 19.7. The van der Waals surface area contributed by atoms with Crippen LogP contribution in [0.5, 0.6) is 0 Å². The van der Waals surface area contributed by atoms with E-state index < -0.39 is 5.63 Å². The van der Waals surface area contributed by atoms with Gasteiger partial charge in [0.2, 0.25) is 5.91 Å². The first-order chi connectivity index (χ1) is 13.5. The van der Waals surface area contributed by atoms with Crippen molar-refractivity contribution in [2.45, 2.75) is 13.3 Å². The van der Waals surface area contributed by atoms with Gasteiger partial charge in [-0.2, -0.15) is 0 Å². The Bertz CT molecular complexity index is 1080. The number of rotatable bonds is 3. The van der Waals surface area contributed by atoms with Gasteiger partial charge in [0.1, 0.15) is 5.58 Å². The van der Waals surface area contributed by atoms with Gasteiger partial charge in [-0.05, 0) is 36.2 Å². The van der Waals surface area contributed by atoms with E-state index in [1.54, 1.807) is 0 Å². The fourth-order valence-corrected chi connectivity index (χ4v) is 3.92. The predicted molar refractivity (Wildman–Crippen MR) is 111 cm³/mol. The van der Waals surface area contributed by atoms with Crippen LogP contribution in [0.1, 0.15) is 11.1 Å². The van der Waals surface area contributed by atoms with Crippen molar-refractivity contribution in [3.63, 3.8) is 0 Å². The number of fused-ring (bicyclic) bond motifs is 1. The highest BCUT2D eigenvalue weighted by atomic mass is 35.5. The number of nitrogens with zero attached hydrogens (tertiary/aromatic N) is 2. The largest absolute Gasteiger partial charge is 0.423 e. The SMILES string of the molecule is Cc1ccc2c(CC(=O)N3CCN(c4ccccc4Cl)CC3)cc(=O)oc2c1. The van der Waals surface area contributed by atoms with Gasteiger partial charge in [0.25, 0.3) is 0 Å². The summed E-state index contributed by atoms with van der Waals surface area (Å²) >= 11 is 6.28. The number of benzene rings is 2. The highest BCUT2D eigenvalue weighted by molar-refractivity contribution is 6.33. The Balaban J connectivity index is 1.48. The third kappa shape index (κ3) is 3.76. The minimum atomic E-state index is -0.426. The molecule has 2 heterocycles. The molecule has 1 fully saturated rings. The van der Waals surface area contributed by atoms with Gasteiger partial charge in [-0.15, -0.1) is 0 Å². The van der Waals surface area contributed by atoms with Crippen LogP contribution in [0, 0.1) is 6.92 Å². The lowest BCUT2D eigenvalue weighted by molar-refractivity contribution is -0.130. The van der Waals surface area contributed by atoms with E-state index in [9.17, 15) is 9.59 Å². The second-order valence-electron chi connectivity index (χ2n) is 7.09. The first kappa shape index (κ1) is 18.6. The maximum Gasteiger partial charge on any atom is 0.336 e. The number of amides is 1. The number of hydrogen-bond donors (Lipinski definition) is 0. The molecule has 1 aromatic heterocycles. The van der Waals surface area contributed by atoms with Gasteiger partial charge < -0.3 is 14.2 Å². The Morgan fingerprint density at radius 1 is 1.07 bits per heavy atom. The maximum atomic E-state index is 12.8. The van der Waals surface area contributed by atoms with Crippen LogP contribution in [0.15, 0.2) is 57.7 Å². The minimum absolute atomic E-state index is 0.0197. The summed E-state index contributed by atoms with van der Waals surface area (Å²) in [5.74, 6) is 0.0197. The molecule has 1 saturated heterocycles. The molecular formula is C22H21ClN2O3. The zero-order valence-electron chi connectivity index (χ0n) is 15.7. The molecule has 28 heavy (non-hydrogen) atoms. The Hall–Kier alpha value is -2.79. The summed E-state index contributed by atoms with van der Waals surface area (Å²) in [4.78, 5) is 28.8. The Morgan fingerprint density at radius 2 is 1.82 bits per heavy atom. The van der Waals surface area contributed by atoms with E-state index in [-0.39, 0.29) is 12.3 Å². The van der Waals surface area contributed by atoms with Crippen molar-refractivity contribution >= 4 is 34.2 Å². The number of halogens is 1. The average molecular weight is 397 g/mol. The number of carbonyl (C=O) groups excluding carboxylic acids is 1. The van der Waals surface area contributed by atoms with Gasteiger partial charge in [-0.1, -0.05) is 35.9 Å². The van der Waals surface area contributed by atoms with Crippen LogP contribution >= 0.6 is 11.6 Å². The van der Waals surface area contributed by atoms with Gasteiger partial charge >= 0.3 is 5.63 Å². The van der Waals surface area contributed by atoms with E-state index >= 15 is 0 Å². The number of aryl methyl sites for hydroxylation is 1. The normalized spacial score (nSPS) is 14.5. The second-order valence-corrected chi connectivity index (χ2v) is 7.49. The highest BCUT2D eigenvalue weighted by Crippen LogP contribution is 2.26. The summed E-state index contributed by atoms with van der Waals surface area (Å²) < 4.78 is 5.28. The molecule has 0 bridgehead atoms. The summed E-state index contributed by atoms with van der Waals surface area (Å²) in [5, 5.41) is 1.54. The summed E-state index contributed by atoms with van der Waals surface area (Å²) in [7, 11) is 0. The topological polar surface area (TPSA) is 53.8 Å². The van der Waals surface area contributed by atoms with Gasteiger partial charge in [0, 0.05) is 37.6 Å². The molecule has 0 atom stereocenters. The van der Waals surface area contributed by atoms with Crippen LogP contribution in [0.25, 0.3) is 11.0 Å². The lowest BCUT2D eigenvalue weighted by Gasteiger charge is -2.36. The molecule has 0 N–H and O–H groups in total. The summed E-state index contributed by atoms with van der Waals surface area (Å²) in [6, 6.07) is 14.9. The van der Waals surface area contributed by atoms with E-state index in [0.717, 1.165) is 34.7 Å². The van der Waals surface area contributed by atoms with Crippen LogP contribution in [-0.2, 0) is 11.2 Å². The monoisotopic (exact) mass is 396 g/mol. The number of piperazine rings is 1. The van der Waals surface area contributed by atoms with E-state index in [1.807, 2.05) is 54.3 Å². The molecule has 144 valence electrons. The number of hydrogen-bond acceptors (Lipinski definition) is 4. The fourth-order valence-electron chi connectivity index (χ4n) is 3.66. The Kier molecular flexibility index (Phi) is 5.09. The molecule has 2 aromatic carbocycles. The lowest BCUT2D eigenvalue weighted by atomic mass is 10.0. The molecule has 1 aliphatic rings. The third-order valence-electron chi connectivity index (χ3n) is 5.15. The molecule has 4 rings (SSSR count). The van der Waals surface area contributed by atoms with E-state index in [4.69, 9.17) is 16.0 Å². The molecule has 6 heteroatoms. The first-order valence-electron chi connectivity index (χ1n) is 9.32. The summed E-state index contributed by atoms with van der Waals surface area (Å²) in [5.41, 5.74) is 2.82. The zero-order valence-corrected chi connectivity index (χ0v) is 16.4. The minimum Gasteiger partial charge on any atom is -0.423 e. The Morgan fingerprint density at radius 3 is 2.57 bits per heavy atom. The van der Waals surface area contributed by atoms with E-state index in [1.165, 1.54) is 6.07 Å². The first-order valence-corrected chi connectivity index (χ1v) is 9.70. The number of anilines is 1. The molecule has 0 saturated carbocycles. The van der Waals surface area contributed by atoms with Gasteiger partial charge in [-0.3, -0.25) is 4.79 Å². The highest BCUT2D eigenvalue weighted by Gasteiger charge is 2.23. The lowest BCUT2D eigenvalue weighted by Crippen LogP contribution is -2.49. The summed E-state index contributed by atoms with van der Waals surface area (Å²) in [6.45, 7) is 4.65. The van der Waals surface area contributed by atoms with Crippen molar-refractivity contribution in [3.8, 4) is 0 Å². The van der Waals surface area contributed by atoms with Crippen LogP contribution in [-0.4, -0.2) is 37.0 Å². The van der Waals surface area contributed by atoms with Crippen LogP contribution in [0.4, 0.5) is 5.69 Å². The number of carbonyl (C=O) groups is 1. The molecule has 0 radical (unpaired) electrons. The van der Waals surface area contributed by atoms with Crippen molar-refractivity contribution in [2.24, 2.45) is 0 Å².